The highest BCUT2D eigenvalue weighted by molar-refractivity contribution is 5.59. The van der Waals surface area contributed by atoms with Crippen molar-refractivity contribution in [3.05, 3.63) is 34.9 Å². The van der Waals surface area contributed by atoms with E-state index in [1.54, 1.807) is 7.11 Å². The van der Waals surface area contributed by atoms with E-state index in [2.05, 4.69) is 56.8 Å². The van der Waals surface area contributed by atoms with Crippen LogP contribution < -0.4 is 10.6 Å². The third-order valence-electron chi connectivity index (χ3n) is 3.10. The monoisotopic (exact) mass is 263 g/mol. The second-order valence-electron chi connectivity index (χ2n) is 5.72. The Labute approximate surface area is 116 Å². The molecule has 1 rings (SSSR count). The lowest BCUT2D eigenvalue weighted by Gasteiger charge is -2.23. The first-order valence-electron chi connectivity index (χ1n) is 6.57. The summed E-state index contributed by atoms with van der Waals surface area (Å²) in [6, 6.07) is 4.30. The summed E-state index contributed by atoms with van der Waals surface area (Å²) in [7, 11) is 1.72. The van der Waals surface area contributed by atoms with E-state index in [0.29, 0.717) is 6.61 Å². The largest absolute Gasteiger partial charge is 0.496 e. The predicted molar refractivity (Wildman–Crippen MR) is 80.2 cm³/mol. The molecule has 0 saturated heterocycles. The van der Waals surface area contributed by atoms with Crippen LogP contribution in [0.5, 0.6) is 5.75 Å². The third kappa shape index (κ3) is 4.37. The third-order valence-corrected chi connectivity index (χ3v) is 3.10. The molecule has 1 aromatic rings. The molecule has 0 saturated carbocycles. The topological polar surface area (TPSA) is 44.5 Å². The number of ether oxygens (including phenoxy) is 1. The molecule has 19 heavy (non-hydrogen) atoms. The minimum absolute atomic E-state index is 0.0575. The Balaban J connectivity index is 3.09. The molecule has 0 unspecified atom stereocenters. The number of hydrogen-bond acceptors (Lipinski definition) is 3. The number of rotatable bonds is 5. The van der Waals surface area contributed by atoms with Gasteiger partial charge in [0.2, 0.25) is 0 Å². The molecule has 0 aliphatic carbocycles. The summed E-state index contributed by atoms with van der Waals surface area (Å²) >= 11 is 0. The molecule has 0 aromatic heterocycles. The zero-order chi connectivity index (χ0) is 14.5. The molecule has 106 valence electrons. The molecule has 1 aromatic carbocycles. The maximum absolute atomic E-state index is 5.49. The Kier molecular flexibility index (Phi) is 5.58. The summed E-state index contributed by atoms with van der Waals surface area (Å²) in [5.74, 6) is 5.96. The molecule has 3 heteroatoms. The van der Waals surface area contributed by atoms with E-state index in [4.69, 9.17) is 10.6 Å². The SMILES string of the molecule is COc1cc(C)c(/C=C/CCON)cc1C(C)(C)C. The van der Waals surface area contributed by atoms with Gasteiger partial charge in [0.15, 0.2) is 0 Å². The Hall–Kier alpha value is -1.32. The summed E-state index contributed by atoms with van der Waals surface area (Å²) in [5.41, 5.74) is 3.69. The molecule has 0 radical (unpaired) electrons. The van der Waals surface area contributed by atoms with E-state index in [0.717, 1.165) is 12.2 Å². The van der Waals surface area contributed by atoms with Crippen LogP contribution in [0.3, 0.4) is 0 Å². The van der Waals surface area contributed by atoms with Crippen LogP contribution in [0, 0.1) is 6.92 Å². The van der Waals surface area contributed by atoms with E-state index in [-0.39, 0.29) is 5.41 Å². The van der Waals surface area contributed by atoms with Crippen LogP contribution in [0.2, 0.25) is 0 Å². The van der Waals surface area contributed by atoms with Gasteiger partial charge in [0.25, 0.3) is 0 Å². The normalized spacial score (nSPS) is 12.1. The minimum atomic E-state index is 0.0575. The molecular formula is C16H25NO2. The fourth-order valence-electron chi connectivity index (χ4n) is 1.98. The average molecular weight is 263 g/mol. The maximum atomic E-state index is 5.49. The van der Waals surface area contributed by atoms with E-state index < -0.39 is 0 Å². The van der Waals surface area contributed by atoms with Gasteiger partial charge in [-0.05, 0) is 42.0 Å². The lowest BCUT2D eigenvalue weighted by molar-refractivity contribution is 0.143. The summed E-state index contributed by atoms with van der Waals surface area (Å²) in [5, 5.41) is 0. The van der Waals surface area contributed by atoms with Gasteiger partial charge in [-0.2, -0.15) is 0 Å². The van der Waals surface area contributed by atoms with Gasteiger partial charge in [0.05, 0.1) is 13.7 Å². The lowest BCUT2D eigenvalue weighted by atomic mass is 9.84. The van der Waals surface area contributed by atoms with E-state index in [9.17, 15) is 0 Å². The summed E-state index contributed by atoms with van der Waals surface area (Å²) in [6.45, 7) is 9.20. The van der Waals surface area contributed by atoms with Crippen molar-refractivity contribution in [3.63, 3.8) is 0 Å². The zero-order valence-corrected chi connectivity index (χ0v) is 12.6. The molecule has 2 N–H and O–H groups in total. The lowest BCUT2D eigenvalue weighted by Crippen LogP contribution is -2.13. The van der Waals surface area contributed by atoms with E-state index in [1.165, 1.54) is 16.7 Å². The number of methoxy groups -OCH3 is 1. The second-order valence-corrected chi connectivity index (χ2v) is 5.72. The van der Waals surface area contributed by atoms with Crippen LogP contribution in [0.1, 0.15) is 43.9 Å². The Bertz CT molecular complexity index is 445. The minimum Gasteiger partial charge on any atom is -0.496 e. The van der Waals surface area contributed by atoms with Gasteiger partial charge < -0.3 is 9.57 Å². The van der Waals surface area contributed by atoms with Gasteiger partial charge in [0, 0.05) is 5.56 Å². The van der Waals surface area contributed by atoms with Crippen molar-refractivity contribution in [2.24, 2.45) is 5.90 Å². The van der Waals surface area contributed by atoms with Gasteiger partial charge in [-0.15, -0.1) is 0 Å². The van der Waals surface area contributed by atoms with Crippen molar-refractivity contribution >= 4 is 6.08 Å². The highest BCUT2D eigenvalue weighted by Crippen LogP contribution is 2.34. The first kappa shape index (κ1) is 15.7. The van der Waals surface area contributed by atoms with Crippen LogP contribution in [-0.2, 0) is 10.3 Å². The predicted octanol–water partition coefficient (Wildman–Crippen LogP) is 3.59. The van der Waals surface area contributed by atoms with Crippen LogP contribution in [0.15, 0.2) is 18.2 Å². The molecule has 0 spiro atoms. The molecule has 0 bridgehead atoms. The fraction of sp³-hybridized carbons (Fsp3) is 0.500. The molecule has 0 aliphatic heterocycles. The second kappa shape index (κ2) is 6.73. The Morgan fingerprint density at radius 1 is 1.26 bits per heavy atom. The smallest absolute Gasteiger partial charge is 0.122 e. The molecule has 0 heterocycles. The Morgan fingerprint density at radius 2 is 1.95 bits per heavy atom. The molecular weight excluding hydrogens is 238 g/mol. The highest BCUT2D eigenvalue weighted by atomic mass is 16.6. The van der Waals surface area contributed by atoms with Crippen LogP contribution in [-0.4, -0.2) is 13.7 Å². The standard InChI is InChI=1S/C16H25NO2/c1-12-10-15(18-5)14(16(2,3)4)11-13(12)8-6-7-9-19-17/h6,8,10-11H,7,9,17H2,1-5H3/b8-6+. The highest BCUT2D eigenvalue weighted by Gasteiger charge is 2.19. The molecule has 0 atom stereocenters. The van der Waals surface area contributed by atoms with Crippen molar-refractivity contribution in [3.8, 4) is 5.75 Å². The molecule has 3 nitrogen and oxygen atoms in total. The molecule has 0 fully saturated rings. The number of benzene rings is 1. The van der Waals surface area contributed by atoms with Gasteiger partial charge in [0.1, 0.15) is 5.75 Å². The first-order chi connectivity index (χ1) is 8.90. The number of nitrogens with two attached hydrogens (primary N) is 1. The average Bonchev–Trinajstić information content (AvgIpc) is 2.34. The van der Waals surface area contributed by atoms with Gasteiger partial charge in [-0.1, -0.05) is 32.9 Å². The van der Waals surface area contributed by atoms with E-state index >= 15 is 0 Å². The Morgan fingerprint density at radius 3 is 2.47 bits per heavy atom. The zero-order valence-electron chi connectivity index (χ0n) is 12.6. The van der Waals surface area contributed by atoms with E-state index in [1.807, 2.05) is 0 Å². The summed E-state index contributed by atoms with van der Waals surface area (Å²) in [6.07, 6.45) is 5.00. The van der Waals surface area contributed by atoms with Crippen molar-refractivity contribution in [1.29, 1.82) is 0 Å². The van der Waals surface area contributed by atoms with Gasteiger partial charge in [-0.3, -0.25) is 0 Å². The van der Waals surface area contributed by atoms with Gasteiger partial charge in [-0.25, -0.2) is 5.90 Å². The van der Waals surface area contributed by atoms with Crippen LogP contribution in [0.4, 0.5) is 0 Å². The van der Waals surface area contributed by atoms with Crippen LogP contribution >= 0.6 is 0 Å². The van der Waals surface area contributed by atoms with Crippen molar-refractivity contribution in [1.82, 2.24) is 0 Å². The molecule has 0 aliphatic rings. The van der Waals surface area contributed by atoms with Gasteiger partial charge >= 0.3 is 0 Å². The number of hydrogen-bond donors (Lipinski definition) is 1. The first-order valence-corrected chi connectivity index (χ1v) is 6.57. The summed E-state index contributed by atoms with van der Waals surface area (Å²) < 4.78 is 5.49. The summed E-state index contributed by atoms with van der Waals surface area (Å²) in [4.78, 5) is 4.55. The maximum Gasteiger partial charge on any atom is 0.122 e. The fourth-order valence-corrected chi connectivity index (χ4v) is 1.98. The van der Waals surface area contributed by atoms with Crippen LogP contribution in [0.25, 0.3) is 6.08 Å². The molecule has 0 amide bonds. The van der Waals surface area contributed by atoms with Crippen molar-refractivity contribution in [2.45, 2.75) is 39.5 Å². The number of aryl methyl sites for hydroxylation is 1. The van der Waals surface area contributed by atoms with Crippen molar-refractivity contribution in [2.75, 3.05) is 13.7 Å². The quantitative estimate of drug-likeness (QED) is 0.652. The van der Waals surface area contributed by atoms with Crippen molar-refractivity contribution < 1.29 is 9.57 Å².